The van der Waals surface area contributed by atoms with Crippen molar-refractivity contribution in [1.29, 1.82) is 0 Å². The van der Waals surface area contributed by atoms with Gasteiger partial charge in [0.25, 0.3) is 0 Å². The van der Waals surface area contributed by atoms with Crippen LogP contribution in [0.4, 0.5) is 0 Å². The van der Waals surface area contributed by atoms with E-state index in [-0.39, 0.29) is 5.78 Å². The fourth-order valence-corrected chi connectivity index (χ4v) is 2.49. The summed E-state index contributed by atoms with van der Waals surface area (Å²) < 4.78 is 5.80. The molecule has 0 radical (unpaired) electrons. The lowest BCUT2D eigenvalue weighted by Gasteiger charge is -2.08. The standard InChI is InChI=1S/C22H20O2/c1-17-10-12-18(13-11-17)14-22(23)20-8-5-9-21(15-20)24-16-19-6-3-2-4-7-19/h2-13,15H,14,16H2,1H3. The molecule has 0 fully saturated rings. The number of aryl methyl sites for hydroxylation is 1. The molecule has 0 aliphatic carbocycles. The smallest absolute Gasteiger partial charge is 0.167 e. The van der Waals surface area contributed by atoms with E-state index in [1.165, 1.54) is 5.56 Å². The zero-order chi connectivity index (χ0) is 16.8. The molecule has 0 atom stereocenters. The summed E-state index contributed by atoms with van der Waals surface area (Å²) in [5.41, 5.74) is 4.01. The topological polar surface area (TPSA) is 26.3 Å². The maximum atomic E-state index is 12.5. The molecule has 2 heteroatoms. The number of carbonyl (C=O) groups excluding carboxylic acids is 1. The van der Waals surface area contributed by atoms with Crippen LogP contribution in [0, 0.1) is 6.92 Å². The first-order chi connectivity index (χ1) is 11.7. The molecule has 0 saturated carbocycles. The first-order valence-corrected chi connectivity index (χ1v) is 8.06. The molecule has 0 spiro atoms. The van der Waals surface area contributed by atoms with Gasteiger partial charge in [0.05, 0.1) is 0 Å². The Labute approximate surface area is 142 Å². The number of rotatable bonds is 6. The Hall–Kier alpha value is -2.87. The van der Waals surface area contributed by atoms with Gasteiger partial charge in [0.1, 0.15) is 12.4 Å². The van der Waals surface area contributed by atoms with E-state index in [0.29, 0.717) is 24.3 Å². The number of benzene rings is 3. The molecule has 0 bridgehead atoms. The van der Waals surface area contributed by atoms with Crippen molar-refractivity contribution in [2.24, 2.45) is 0 Å². The molecule has 0 aliphatic rings. The molecule has 120 valence electrons. The summed E-state index contributed by atoms with van der Waals surface area (Å²) >= 11 is 0. The average molecular weight is 316 g/mol. The number of ether oxygens (including phenoxy) is 1. The number of hydrogen-bond acceptors (Lipinski definition) is 2. The monoisotopic (exact) mass is 316 g/mol. The summed E-state index contributed by atoms with van der Waals surface area (Å²) in [4.78, 5) is 12.5. The Bertz CT molecular complexity index is 805. The summed E-state index contributed by atoms with van der Waals surface area (Å²) in [7, 11) is 0. The van der Waals surface area contributed by atoms with Crippen LogP contribution in [-0.2, 0) is 13.0 Å². The first kappa shape index (κ1) is 16.0. The molecule has 24 heavy (non-hydrogen) atoms. The van der Waals surface area contributed by atoms with E-state index in [4.69, 9.17) is 4.74 Å². The maximum Gasteiger partial charge on any atom is 0.167 e. The van der Waals surface area contributed by atoms with Gasteiger partial charge in [0.2, 0.25) is 0 Å². The molecule has 3 aromatic carbocycles. The summed E-state index contributed by atoms with van der Waals surface area (Å²) in [6.45, 7) is 2.54. The summed E-state index contributed by atoms with van der Waals surface area (Å²) in [5.74, 6) is 0.817. The van der Waals surface area contributed by atoms with Gasteiger partial charge in [-0.15, -0.1) is 0 Å². The van der Waals surface area contributed by atoms with Gasteiger partial charge in [-0.1, -0.05) is 72.3 Å². The number of carbonyl (C=O) groups is 1. The third-order valence-corrected chi connectivity index (χ3v) is 3.89. The second kappa shape index (κ2) is 7.60. The van der Waals surface area contributed by atoms with E-state index in [1.807, 2.05) is 85.8 Å². The van der Waals surface area contributed by atoms with E-state index in [1.54, 1.807) is 0 Å². The maximum absolute atomic E-state index is 12.5. The van der Waals surface area contributed by atoms with Crippen LogP contribution in [0.3, 0.4) is 0 Å². The number of Topliss-reactive ketones (excluding diaryl/α,β-unsaturated/α-hetero) is 1. The molecule has 0 unspecified atom stereocenters. The molecule has 3 rings (SSSR count). The Kier molecular flexibility index (Phi) is 5.07. The van der Waals surface area contributed by atoms with E-state index >= 15 is 0 Å². The van der Waals surface area contributed by atoms with E-state index in [0.717, 1.165) is 11.1 Å². The molecule has 0 saturated heterocycles. The molecule has 0 heterocycles. The van der Waals surface area contributed by atoms with Crippen molar-refractivity contribution >= 4 is 5.78 Å². The van der Waals surface area contributed by atoms with Crippen LogP contribution in [-0.4, -0.2) is 5.78 Å². The van der Waals surface area contributed by atoms with Gasteiger partial charge in [-0.25, -0.2) is 0 Å². The van der Waals surface area contributed by atoms with Crippen LogP contribution in [0.5, 0.6) is 5.75 Å². The van der Waals surface area contributed by atoms with Crippen molar-refractivity contribution < 1.29 is 9.53 Å². The fraction of sp³-hybridized carbons (Fsp3) is 0.136. The van der Waals surface area contributed by atoms with Crippen LogP contribution >= 0.6 is 0 Å². The van der Waals surface area contributed by atoms with E-state index < -0.39 is 0 Å². The van der Waals surface area contributed by atoms with E-state index in [9.17, 15) is 4.79 Å². The minimum Gasteiger partial charge on any atom is -0.489 e. The largest absolute Gasteiger partial charge is 0.489 e. The van der Waals surface area contributed by atoms with Gasteiger partial charge in [0.15, 0.2) is 5.78 Å². The van der Waals surface area contributed by atoms with Crippen LogP contribution < -0.4 is 4.74 Å². The van der Waals surface area contributed by atoms with Crippen molar-refractivity contribution in [3.8, 4) is 5.75 Å². The Morgan fingerprint density at radius 3 is 2.33 bits per heavy atom. The minimum absolute atomic E-state index is 0.101. The van der Waals surface area contributed by atoms with Crippen molar-refractivity contribution in [3.05, 3.63) is 101 Å². The van der Waals surface area contributed by atoms with Crippen molar-refractivity contribution in [3.63, 3.8) is 0 Å². The zero-order valence-corrected chi connectivity index (χ0v) is 13.7. The van der Waals surface area contributed by atoms with Crippen LogP contribution in [0.2, 0.25) is 0 Å². The molecule has 3 aromatic rings. The summed E-state index contributed by atoms with van der Waals surface area (Å²) in [6.07, 6.45) is 0.405. The third kappa shape index (κ3) is 4.32. The van der Waals surface area contributed by atoms with Crippen molar-refractivity contribution in [1.82, 2.24) is 0 Å². The predicted octanol–water partition coefficient (Wildman–Crippen LogP) is 5.00. The average Bonchev–Trinajstić information content (AvgIpc) is 2.63. The second-order valence-corrected chi connectivity index (χ2v) is 5.89. The van der Waals surface area contributed by atoms with E-state index in [2.05, 4.69) is 0 Å². The van der Waals surface area contributed by atoms with Gasteiger partial charge < -0.3 is 4.74 Å². The molecule has 0 aliphatic heterocycles. The van der Waals surface area contributed by atoms with Crippen LogP contribution in [0.15, 0.2) is 78.9 Å². The summed E-state index contributed by atoms with van der Waals surface area (Å²) in [6, 6.07) is 25.5. The normalized spacial score (nSPS) is 10.4. The molecular formula is C22H20O2. The highest BCUT2D eigenvalue weighted by atomic mass is 16.5. The van der Waals surface area contributed by atoms with Gasteiger partial charge in [-0.2, -0.15) is 0 Å². The highest BCUT2D eigenvalue weighted by Gasteiger charge is 2.08. The molecule has 0 N–H and O–H groups in total. The van der Waals surface area contributed by atoms with Crippen molar-refractivity contribution in [2.45, 2.75) is 20.0 Å². The first-order valence-electron chi connectivity index (χ1n) is 8.06. The van der Waals surface area contributed by atoms with Crippen LogP contribution in [0.25, 0.3) is 0 Å². The molecule has 0 amide bonds. The highest BCUT2D eigenvalue weighted by Crippen LogP contribution is 2.17. The lowest BCUT2D eigenvalue weighted by atomic mass is 10.0. The third-order valence-electron chi connectivity index (χ3n) is 3.89. The second-order valence-electron chi connectivity index (χ2n) is 5.89. The Morgan fingerprint density at radius 1 is 0.833 bits per heavy atom. The number of hydrogen-bond donors (Lipinski definition) is 0. The zero-order valence-electron chi connectivity index (χ0n) is 13.7. The molecule has 0 aromatic heterocycles. The number of ketones is 1. The fourth-order valence-electron chi connectivity index (χ4n) is 2.49. The predicted molar refractivity (Wildman–Crippen MR) is 96.4 cm³/mol. The Balaban J connectivity index is 1.65. The molecule has 2 nitrogen and oxygen atoms in total. The van der Waals surface area contributed by atoms with Crippen LogP contribution in [0.1, 0.15) is 27.0 Å². The van der Waals surface area contributed by atoms with Gasteiger partial charge in [-0.3, -0.25) is 4.79 Å². The quantitative estimate of drug-likeness (QED) is 0.598. The lowest BCUT2D eigenvalue weighted by molar-refractivity contribution is 0.0992. The Morgan fingerprint density at radius 2 is 1.58 bits per heavy atom. The highest BCUT2D eigenvalue weighted by molar-refractivity contribution is 5.97. The summed E-state index contributed by atoms with van der Waals surface area (Å²) in [5, 5.41) is 0. The lowest BCUT2D eigenvalue weighted by Crippen LogP contribution is -2.04. The van der Waals surface area contributed by atoms with Gasteiger partial charge in [-0.05, 0) is 30.2 Å². The SMILES string of the molecule is Cc1ccc(CC(=O)c2cccc(OCc3ccccc3)c2)cc1. The molecular weight excluding hydrogens is 296 g/mol. The minimum atomic E-state index is 0.101. The van der Waals surface area contributed by atoms with Gasteiger partial charge >= 0.3 is 0 Å². The van der Waals surface area contributed by atoms with Crippen molar-refractivity contribution in [2.75, 3.05) is 0 Å². The van der Waals surface area contributed by atoms with Gasteiger partial charge in [0, 0.05) is 12.0 Å².